The molecule has 0 aliphatic carbocycles. The molecule has 0 aliphatic heterocycles. The lowest BCUT2D eigenvalue weighted by atomic mass is 10.2. The van der Waals surface area contributed by atoms with Crippen molar-refractivity contribution in [2.24, 2.45) is 0 Å². The van der Waals surface area contributed by atoms with Crippen molar-refractivity contribution in [1.29, 1.82) is 0 Å². The predicted molar refractivity (Wildman–Crippen MR) is 86.4 cm³/mol. The van der Waals surface area contributed by atoms with Gasteiger partial charge in [0.25, 0.3) is 11.4 Å². The summed E-state index contributed by atoms with van der Waals surface area (Å²) in [4.78, 5) is 22.0. The molecule has 4 aromatic heterocycles. The van der Waals surface area contributed by atoms with Crippen molar-refractivity contribution in [3.8, 4) is 23.1 Å². The summed E-state index contributed by atoms with van der Waals surface area (Å²) >= 11 is 0. The van der Waals surface area contributed by atoms with Gasteiger partial charge in [-0.15, -0.1) is 0 Å². The number of fused-ring (bicyclic) bond motifs is 2. The molecular weight excluding hydrogens is 308 g/mol. The van der Waals surface area contributed by atoms with E-state index in [0.29, 0.717) is 17.0 Å². The fraction of sp³-hybridized carbons (Fsp3) is 0. The van der Waals surface area contributed by atoms with Crippen LogP contribution in [-0.4, -0.2) is 29.7 Å². The minimum atomic E-state index is -0.230. The largest absolute Gasteiger partial charge is 0.352 e. The molecule has 0 bridgehead atoms. The highest BCUT2D eigenvalue weighted by Gasteiger charge is 2.16. The smallest absolute Gasteiger partial charge is 0.278 e. The SMILES string of the molecule is O=c1[nH]ccn2nc(-c3nc(-c4cc5ccccc5[nH]4)no3)cc12. The third-order valence-corrected chi connectivity index (χ3v) is 3.81. The molecule has 5 rings (SSSR count). The number of aromatic amines is 2. The molecule has 0 radical (unpaired) electrons. The van der Waals surface area contributed by atoms with E-state index >= 15 is 0 Å². The number of rotatable bonds is 2. The van der Waals surface area contributed by atoms with E-state index in [-0.39, 0.29) is 11.4 Å². The van der Waals surface area contributed by atoms with Gasteiger partial charge in [0.15, 0.2) is 5.69 Å². The van der Waals surface area contributed by atoms with Gasteiger partial charge in [0.2, 0.25) is 5.82 Å². The molecule has 0 fully saturated rings. The molecule has 0 aliphatic rings. The van der Waals surface area contributed by atoms with E-state index in [2.05, 4.69) is 25.2 Å². The van der Waals surface area contributed by atoms with Crippen LogP contribution < -0.4 is 5.56 Å². The summed E-state index contributed by atoms with van der Waals surface area (Å²) in [6.07, 6.45) is 3.17. The summed E-state index contributed by atoms with van der Waals surface area (Å²) in [6, 6.07) is 11.5. The number of aromatic nitrogens is 6. The Morgan fingerprint density at radius 3 is 2.96 bits per heavy atom. The molecule has 0 amide bonds. The van der Waals surface area contributed by atoms with Crippen LogP contribution in [0.5, 0.6) is 0 Å². The first-order chi connectivity index (χ1) is 11.8. The molecule has 8 heteroatoms. The van der Waals surface area contributed by atoms with Gasteiger partial charge in [0.05, 0.1) is 5.69 Å². The zero-order chi connectivity index (χ0) is 16.1. The van der Waals surface area contributed by atoms with Crippen LogP contribution in [-0.2, 0) is 0 Å². The Balaban J connectivity index is 1.60. The molecule has 0 saturated heterocycles. The van der Waals surface area contributed by atoms with Gasteiger partial charge in [-0.3, -0.25) is 4.79 Å². The molecule has 24 heavy (non-hydrogen) atoms. The van der Waals surface area contributed by atoms with Crippen LogP contribution in [0.4, 0.5) is 0 Å². The van der Waals surface area contributed by atoms with Crippen molar-refractivity contribution in [3.05, 3.63) is 59.1 Å². The van der Waals surface area contributed by atoms with E-state index in [0.717, 1.165) is 16.6 Å². The molecule has 0 unspecified atom stereocenters. The Labute approximate surface area is 133 Å². The second-order valence-electron chi connectivity index (χ2n) is 5.34. The average molecular weight is 318 g/mol. The Kier molecular flexibility index (Phi) is 2.49. The summed E-state index contributed by atoms with van der Waals surface area (Å²) in [7, 11) is 0. The van der Waals surface area contributed by atoms with Crippen LogP contribution in [0.2, 0.25) is 0 Å². The molecule has 4 heterocycles. The van der Waals surface area contributed by atoms with Gasteiger partial charge in [-0.2, -0.15) is 10.1 Å². The van der Waals surface area contributed by atoms with Crippen molar-refractivity contribution in [2.75, 3.05) is 0 Å². The van der Waals surface area contributed by atoms with Gasteiger partial charge in [-0.25, -0.2) is 4.52 Å². The van der Waals surface area contributed by atoms with Gasteiger partial charge in [-0.05, 0) is 12.1 Å². The number of H-pyrrole nitrogens is 2. The molecule has 0 saturated carbocycles. The fourth-order valence-electron chi connectivity index (χ4n) is 2.67. The summed E-state index contributed by atoms with van der Waals surface area (Å²) in [5, 5.41) is 9.35. The highest BCUT2D eigenvalue weighted by molar-refractivity contribution is 5.84. The van der Waals surface area contributed by atoms with E-state index in [1.807, 2.05) is 30.3 Å². The first-order valence-corrected chi connectivity index (χ1v) is 7.27. The lowest BCUT2D eigenvalue weighted by molar-refractivity contribution is 0.430. The number of benzene rings is 1. The summed E-state index contributed by atoms with van der Waals surface area (Å²) in [5.41, 5.74) is 2.39. The maximum Gasteiger partial charge on any atom is 0.278 e. The topological polar surface area (TPSA) is 105 Å². The van der Waals surface area contributed by atoms with Crippen LogP contribution in [0.15, 0.2) is 58.1 Å². The van der Waals surface area contributed by atoms with Gasteiger partial charge < -0.3 is 14.5 Å². The van der Waals surface area contributed by atoms with Crippen LogP contribution in [0.1, 0.15) is 0 Å². The second kappa shape index (κ2) is 4.66. The van der Waals surface area contributed by atoms with Crippen LogP contribution in [0.3, 0.4) is 0 Å². The van der Waals surface area contributed by atoms with Gasteiger partial charge in [-0.1, -0.05) is 23.4 Å². The van der Waals surface area contributed by atoms with Crippen LogP contribution >= 0.6 is 0 Å². The zero-order valence-electron chi connectivity index (χ0n) is 12.2. The molecule has 5 aromatic rings. The lowest BCUT2D eigenvalue weighted by Gasteiger charge is -1.87. The second-order valence-corrected chi connectivity index (χ2v) is 5.34. The van der Waals surface area contributed by atoms with Gasteiger partial charge >= 0.3 is 0 Å². The molecular formula is C16H10N6O2. The summed E-state index contributed by atoms with van der Waals surface area (Å²) in [6.45, 7) is 0. The van der Waals surface area contributed by atoms with Gasteiger partial charge in [0, 0.05) is 29.4 Å². The third-order valence-electron chi connectivity index (χ3n) is 3.81. The molecule has 116 valence electrons. The van der Waals surface area contributed by atoms with Crippen molar-refractivity contribution in [3.63, 3.8) is 0 Å². The first-order valence-electron chi connectivity index (χ1n) is 7.27. The molecule has 0 spiro atoms. The Morgan fingerprint density at radius 2 is 2.08 bits per heavy atom. The highest BCUT2D eigenvalue weighted by atomic mass is 16.5. The Bertz CT molecular complexity index is 1210. The Hall–Kier alpha value is -3.68. The Morgan fingerprint density at radius 1 is 1.17 bits per heavy atom. The number of hydrogen-bond donors (Lipinski definition) is 2. The minimum absolute atomic E-state index is 0.230. The minimum Gasteiger partial charge on any atom is -0.352 e. The van der Waals surface area contributed by atoms with Crippen molar-refractivity contribution < 1.29 is 4.52 Å². The number of hydrogen-bond acceptors (Lipinski definition) is 5. The first kappa shape index (κ1) is 12.8. The standard InChI is InChI=1S/C16H10N6O2/c23-15-13-8-12(20-22(13)6-5-17-15)16-19-14(21-24-16)11-7-9-3-1-2-4-10(9)18-11/h1-8,18H,(H,17,23). The summed E-state index contributed by atoms with van der Waals surface area (Å²) in [5.74, 6) is 0.693. The predicted octanol–water partition coefficient (Wildman–Crippen LogP) is 2.22. The maximum absolute atomic E-state index is 11.8. The maximum atomic E-state index is 11.8. The van der Waals surface area contributed by atoms with E-state index in [1.165, 1.54) is 10.7 Å². The lowest BCUT2D eigenvalue weighted by Crippen LogP contribution is -2.07. The molecule has 8 nitrogen and oxygen atoms in total. The van der Waals surface area contributed by atoms with Crippen molar-refractivity contribution >= 4 is 16.4 Å². The van der Waals surface area contributed by atoms with E-state index in [9.17, 15) is 4.79 Å². The third kappa shape index (κ3) is 1.86. The van der Waals surface area contributed by atoms with Crippen molar-refractivity contribution in [1.82, 2.24) is 29.7 Å². The average Bonchev–Trinajstić information content (AvgIpc) is 3.31. The fourth-order valence-corrected chi connectivity index (χ4v) is 2.67. The normalized spacial score (nSPS) is 11.5. The van der Waals surface area contributed by atoms with Crippen LogP contribution in [0.25, 0.3) is 39.5 Å². The highest BCUT2D eigenvalue weighted by Crippen LogP contribution is 2.24. The van der Waals surface area contributed by atoms with Crippen molar-refractivity contribution in [2.45, 2.75) is 0 Å². The molecule has 1 aromatic carbocycles. The van der Waals surface area contributed by atoms with E-state index in [1.54, 1.807) is 12.3 Å². The number of nitrogens with one attached hydrogen (secondary N) is 2. The number of para-hydroxylation sites is 1. The monoisotopic (exact) mass is 318 g/mol. The van der Waals surface area contributed by atoms with Gasteiger partial charge in [0.1, 0.15) is 5.52 Å². The zero-order valence-corrected chi connectivity index (χ0v) is 12.2. The van der Waals surface area contributed by atoms with E-state index < -0.39 is 0 Å². The quantitative estimate of drug-likeness (QED) is 0.519. The number of nitrogens with zero attached hydrogens (tertiary/aromatic N) is 4. The van der Waals surface area contributed by atoms with Crippen LogP contribution in [0, 0.1) is 0 Å². The summed E-state index contributed by atoms with van der Waals surface area (Å²) < 4.78 is 6.77. The molecule has 2 N–H and O–H groups in total. The molecule has 0 atom stereocenters. The van der Waals surface area contributed by atoms with E-state index in [4.69, 9.17) is 4.52 Å².